The summed E-state index contributed by atoms with van der Waals surface area (Å²) in [6.45, 7) is 0.936. The average Bonchev–Trinajstić information content (AvgIpc) is 3.87. The molecule has 0 aliphatic carbocycles. The van der Waals surface area contributed by atoms with Gasteiger partial charge in [-0.1, -0.05) is 64.1 Å². The third-order valence-corrected chi connectivity index (χ3v) is 14.1. The smallest absolute Gasteiger partial charge is 0.300 e. The van der Waals surface area contributed by atoms with Gasteiger partial charge in [-0.3, -0.25) is 57.5 Å². The van der Waals surface area contributed by atoms with Crippen LogP contribution >= 0.6 is 21.6 Å². The summed E-state index contributed by atoms with van der Waals surface area (Å²) in [6.07, 6.45) is -0.386. The van der Waals surface area contributed by atoms with Gasteiger partial charge in [0, 0.05) is 44.2 Å². The standard InChI is InChI=1S/C46H65N13O12S2.C2H4O2/c47-17-5-4-9-29(40(65)52-22-38(51)63)54-45(70)35-10-6-18-59(35)46(71)34-24-73-72-23-28(48)39(64)55-31(20-26-11-13-27(60)14-12-26)43(68)56-32(19-25-7-2-1-3-8-25)42(67)53-30(15-16-36(49)61)41(66)57-33(21-37(50)62)44(69)58-34;1-2(3)4/h1-3,7-8,11-14,28-35,60H,4-6,9-10,15-24,47-48H2,(H2,49,61)(H2,50,62)(H2,51,63)(H,52,65)(H,53,67)(H,54,70)(H,55,64)(H,56,68)(H,57,66)(H,58,69);1H3,(H,3,4)/t28-,29+,30-,31?,32-,33?,34?,35-;/m1./s1. The summed E-state index contributed by atoms with van der Waals surface area (Å²) >= 11 is 0. The number of carboxylic acids is 1. The van der Waals surface area contributed by atoms with Crippen LogP contribution in [0, 0.1) is 0 Å². The van der Waals surface area contributed by atoms with E-state index >= 15 is 0 Å². The van der Waals surface area contributed by atoms with Crippen molar-refractivity contribution in [2.24, 2.45) is 28.7 Å². The maximum Gasteiger partial charge on any atom is 0.300 e. The fourth-order valence-corrected chi connectivity index (χ4v) is 10.1. The van der Waals surface area contributed by atoms with Crippen molar-refractivity contribution in [3.63, 3.8) is 0 Å². The van der Waals surface area contributed by atoms with Crippen molar-refractivity contribution in [2.75, 3.05) is 31.1 Å². The Labute approximate surface area is 451 Å². The van der Waals surface area contributed by atoms with E-state index in [0.717, 1.165) is 28.5 Å². The molecule has 27 nitrogen and oxygen atoms in total. The molecule has 2 heterocycles. The van der Waals surface area contributed by atoms with E-state index in [9.17, 15) is 57.8 Å². The number of hydrogen-bond donors (Lipinski definition) is 14. The molecule has 422 valence electrons. The lowest BCUT2D eigenvalue weighted by atomic mass is 10.0. The quantitative estimate of drug-likeness (QED) is 0.0468. The SMILES string of the molecule is CC(=O)O.NCCCC[C@H](NC(=O)[C@H]1CCCN1C(=O)C1CSSC[C@@H](N)C(=O)NC(Cc2ccc(O)cc2)C(=O)N[C@H](Cc2ccccc2)C(=O)N[C@H](CCC(N)=O)C(=O)NC(CC(N)=O)C(=O)N1)C(=O)NCC(N)=O. The van der Waals surface area contributed by atoms with E-state index < -0.39 is 145 Å². The molecular formula is C48H69N13O14S2. The molecule has 3 unspecified atom stereocenters. The van der Waals surface area contributed by atoms with Crippen molar-refractivity contribution >= 4 is 92.5 Å². The topological polar surface area (TPSA) is 463 Å². The van der Waals surface area contributed by atoms with Crippen LogP contribution in [0.4, 0.5) is 0 Å². The number of nitrogens with one attached hydrogen (secondary N) is 7. The van der Waals surface area contributed by atoms with Crippen LogP contribution in [0.3, 0.4) is 0 Å². The molecule has 29 heteroatoms. The van der Waals surface area contributed by atoms with Gasteiger partial charge in [-0.15, -0.1) is 0 Å². The number of benzene rings is 2. The normalized spacial score (nSPS) is 22.1. The van der Waals surface area contributed by atoms with Crippen molar-refractivity contribution in [2.45, 2.75) is 119 Å². The summed E-state index contributed by atoms with van der Waals surface area (Å²) in [4.78, 5) is 158. The van der Waals surface area contributed by atoms with E-state index in [-0.39, 0.29) is 49.5 Å². The van der Waals surface area contributed by atoms with Gasteiger partial charge in [0.1, 0.15) is 48.0 Å². The van der Waals surface area contributed by atoms with Gasteiger partial charge in [-0.25, -0.2) is 0 Å². The molecule has 2 aromatic carbocycles. The van der Waals surface area contributed by atoms with Crippen molar-refractivity contribution in [1.29, 1.82) is 0 Å². The first-order chi connectivity index (χ1) is 36.5. The van der Waals surface area contributed by atoms with E-state index in [1.54, 1.807) is 30.3 Å². The van der Waals surface area contributed by atoms with Crippen LogP contribution in [-0.4, -0.2) is 166 Å². The maximum atomic E-state index is 14.6. The summed E-state index contributed by atoms with van der Waals surface area (Å²) in [7, 11) is 2.02. The number of phenolic OH excluding ortho intramolecular Hbond substituents is 1. The molecule has 11 amide bonds. The highest BCUT2D eigenvalue weighted by atomic mass is 33.1. The fraction of sp³-hybridized carbons (Fsp3) is 0.500. The third kappa shape index (κ3) is 23.1. The molecule has 2 fully saturated rings. The number of rotatable bonds is 19. The molecule has 0 spiro atoms. The zero-order chi connectivity index (χ0) is 57.2. The Kier molecular flexibility index (Phi) is 27.2. The molecule has 2 aliphatic rings. The van der Waals surface area contributed by atoms with Crippen LogP contribution in [0.2, 0.25) is 0 Å². The lowest BCUT2D eigenvalue weighted by molar-refractivity contribution is -0.142. The molecule has 0 bridgehead atoms. The minimum absolute atomic E-state index is 0.0324. The van der Waals surface area contributed by atoms with Crippen molar-refractivity contribution in [3.8, 4) is 5.75 Å². The van der Waals surface area contributed by atoms with Gasteiger partial charge < -0.3 is 81.0 Å². The molecule has 0 radical (unpaired) electrons. The highest BCUT2D eigenvalue weighted by molar-refractivity contribution is 8.76. The van der Waals surface area contributed by atoms with Crippen LogP contribution < -0.4 is 65.9 Å². The number of amides is 11. The fourth-order valence-electron chi connectivity index (χ4n) is 7.79. The molecule has 0 saturated carbocycles. The van der Waals surface area contributed by atoms with Crippen LogP contribution in [0.15, 0.2) is 54.6 Å². The maximum absolute atomic E-state index is 14.6. The summed E-state index contributed by atoms with van der Waals surface area (Å²) < 4.78 is 0. The molecule has 19 N–H and O–H groups in total. The van der Waals surface area contributed by atoms with Crippen LogP contribution in [0.1, 0.15) is 69.4 Å². The van der Waals surface area contributed by atoms with Crippen LogP contribution in [0.25, 0.3) is 0 Å². The number of carbonyl (C=O) groups is 12. The molecule has 0 aromatic heterocycles. The van der Waals surface area contributed by atoms with Gasteiger partial charge >= 0.3 is 0 Å². The number of hydrogen-bond acceptors (Lipinski definition) is 17. The van der Waals surface area contributed by atoms with Crippen LogP contribution in [-0.2, 0) is 70.4 Å². The van der Waals surface area contributed by atoms with E-state index in [1.807, 2.05) is 0 Å². The number of phenols is 1. The Morgan fingerprint density at radius 2 is 1.26 bits per heavy atom. The zero-order valence-electron chi connectivity index (χ0n) is 42.4. The van der Waals surface area contributed by atoms with E-state index in [2.05, 4.69) is 37.2 Å². The predicted molar refractivity (Wildman–Crippen MR) is 282 cm³/mol. The summed E-state index contributed by atoms with van der Waals surface area (Å²) in [5.74, 6) is -10.8. The Balaban J connectivity index is 0.00000376. The van der Waals surface area contributed by atoms with Gasteiger partial charge in [0.05, 0.1) is 19.0 Å². The minimum atomic E-state index is -1.78. The third-order valence-electron chi connectivity index (χ3n) is 11.6. The van der Waals surface area contributed by atoms with E-state index in [4.69, 9.17) is 38.6 Å². The van der Waals surface area contributed by atoms with Gasteiger partial charge in [0.25, 0.3) is 5.97 Å². The molecule has 2 aliphatic heterocycles. The van der Waals surface area contributed by atoms with E-state index in [0.29, 0.717) is 36.9 Å². The highest BCUT2D eigenvalue weighted by Gasteiger charge is 2.40. The van der Waals surface area contributed by atoms with Crippen molar-refractivity contribution < 1.29 is 67.7 Å². The second-order valence-corrected chi connectivity index (χ2v) is 20.5. The lowest BCUT2D eigenvalue weighted by Gasteiger charge is -2.31. The average molecular weight is 1120 g/mol. The van der Waals surface area contributed by atoms with Gasteiger partial charge in [0.15, 0.2) is 0 Å². The molecular weight excluding hydrogens is 1050 g/mol. The number of likely N-dealkylation sites (tertiary alicyclic amines) is 1. The van der Waals surface area contributed by atoms with Gasteiger partial charge in [0.2, 0.25) is 65.0 Å². The number of nitrogens with zero attached hydrogens (tertiary/aromatic N) is 1. The molecule has 8 atom stereocenters. The van der Waals surface area contributed by atoms with Gasteiger partial charge in [-0.05, 0) is 68.3 Å². The van der Waals surface area contributed by atoms with E-state index in [1.165, 1.54) is 29.2 Å². The predicted octanol–water partition coefficient (Wildman–Crippen LogP) is -4.24. The molecule has 77 heavy (non-hydrogen) atoms. The Morgan fingerprint density at radius 3 is 1.84 bits per heavy atom. The molecule has 2 saturated heterocycles. The Hall–Kier alpha value is -7.50. The second-order valence-electron chi connectivity index (χ2n) is 18.0. The first kappa shape index (κ1) is 63.8. The van der Waals surface area contributed by atoms with Crippen LogP contribution in [0.5, 0.6) is 5.75 Å². The first-order valence-corrected chi connectivity index (χ1v) is 26.9. The number of nitrogens with two attached hydrogens (primary N) is 5. The number of aromatic hydroxyl groups is 1. The number of aliphatic carboxylic acids is 1. The highest BCUT2D eigenvalue weighted by Crippen LogP contribution is 2.26. The number of unbranched alkanes of at least 4 members (excludes halogenated alkanes) is 1. The zero-order valence-corrected chi connectivity index (χ0v) is 44.0. The number of carbonyl (C=O) groups excluding carboxylic acids is 11. The minimum Gasteiger partial charge on any atom is -0.508 e. The monoisotopic (exact) mass is 1120 g/mol. The van der Waals surface area contributed by atoms with Crippen molar-refractivity contribution in [3.05, 3.63) is 65.7 Å². The second kappa shape index (κ2) is 32.8. The summed E-state index contributed by atoms with van der Waals surface area (Å²) in [6, 6.07) is 3.09. The number of carboxylic acid groups (broad SMARTS) is 1. The largest absolute Gasteiger partial charge is 0.508 e. The summed E-state index contributed by atoms with van der Waals surface area (Å²) in [5, 5.41) is 35.2. The first-order valence-electron chi connectivity index (χ1n) is 24.5. The number of primary amides is 3. The Morgan fingerprint density at radius 1 is 0.714 bits per heavy atom. The van der Waals surface area contributed by atoms with Crippen molar-refractivity contribution in [1.82, 2.24) is 42.1 Å². The summed E-state index contributed by atoms with van der Waals surface area (Å²) in [5.41, 5.74) is 29.2. The Bertz CT molecular complexity index is 2400. The molecule has 4 rings (SSSR count). The lowest BCUT2D eigenvalue weighted by Crippen LogP contribution is -2.61. The molecule has 2 aromatic rings. The van der Waals surface area contributed by atoms with Gasteiger partial charge in [-0.2, -0.15) is 0 Å².